The van der Waals surface area contributed by atoms with Gasteiger partial charge >= 0.3 is 0 Å². The molecule has 1 saturated heterocycles. The molecule has 9 nitrogen and oxygen atoms in total. The summed E-state index contributed by atoms with van der Waals surface area (Å²) in [5.74, 6) is 0.161. The van der Waals surface area contributed by atoms with Gasteiger partial charge in [0, 0.05) is 38.7 Å². The van der Waals surface area contributed by atoms with E-state index in [1.807, 2.05) is 43.8 Å². The summed E-state index contributed by atoms with van der Waals surface area (Å²) in [6.45, 7) is 6.61. The third-order valence-electron chi connectivity index (χ3n) is 4.85. The van der Waals surface area contributed by atoms with E-state index in [9.17, 15) is 4.79 Å². The first kappa shape index (κ1) is 20.4. The van der Waals surface area contributed by atoms with E-state index in [0.717, 1.165) is 5.69 Å². The van der Waals surface area contributed by atoms with Crippen LogP contribution in [0, 0.1) is 0 Å². The van der Waals surface area contributed by atoms with Gasteiger partial charge in [-0.2, -0.15) is 5.10 Å². The monoisotopic (exact) mass is 391 g/mol. The number of morpholine rings is 1. The molecule has 0 spiro atoms. The highest BCUT2D eigenvalue weighted by molar-refractivity contribution is 5.98. The average molecular weight is 391 g/mol. The lowest BCUT2D eigenvalue weighted by Crippen LogP contribution is -2.44. The van der Waals surface area contributed by atoms with Gasteiger partial charge in [0.15, 0.2) is 6.29 Å². The fraction of sp³-hybridized carbons (Fsp3) is 0.579. The molecule has 1 atom stereocenters. The first-order valence-electron chi connectivity index (χ1n) is 9.61. The number of aryl methyl sites for hydroxylation is 1. The normalized spacial score (nSPS) is 17.4. The van der Waals surface area contributed by atoms with E-state index in [0.29, 0.717) is 50.9 Å². The van der Waals surface area contributed by atoms with Gasteiger partial charge < -0.3 is 29.4 Å². The molecular formula is C19H29N5O4. The second kappa shape index (κ2) is 9.22. The van der Waals surface area contributed by atoms with Gasteiger partial charge in [-0.3, -0.25) is 4.79 Å². The van der Waals surface area contributed by atoms with Gasteiger partial charge in [0.2, 0.25) is 0 Å². The molecule has 2 aromatic heterocycles. The number of ether oxygens (including phenoxy) is 3. The predicted molar refractivity (Wildman–Crippen MR) is 104 cm³/mol. The molecule has 1 fully saturated rings. The molecule has 1 aliphatic heterocycles. The van der Waals surface area contributed by atoms with Crippen LogP contribution in [0.25, 0.3) is 0 Å². The van der Waals surface area contributed by atoms with Crippen LogP contribution in [0.4, 0.5) is 5.82 Å². The number of aromatic nitrogens is 3. The summed E-state index contributed by atoms with van der Waals surface area (Å²) in [6.07, 6.45) is 3.02. The summed E-state index contributed by atoms with van der Waals surface area (Å²) in [7, 11) is 1.96. The van der Waals surface area contributed by atoms with Gasteiger partial charge in [-0.15, -0.1) is 0 Å². The Labute approximate surface area is 164 Å². The zero-order valence-electron chi connectivity index (χ0n) is 16.7. The number of amides is 1. The Bertz CT molecular complexity index is 781. The SMILES string of the molecule is CCOC(Cn1ncc(C(=O)N2CCOCC2c2cccn2C)c1N)OCC. The van der Waals surface area contributed by atoms with Gasteiger partial charge in [-0.05, 0) is 26.0 Å². The van der Waals surface area contributed by atoms with Crippen molar-refractivity contribution in [3.05, 3.63) is 35.8 Å². The minimum Gasteiger partial charge on any atom is -0.383 e. The number of hydrogen-bond donors (Lipinski definition) is 1. The molecule has 0 aromatic carbocycles. The lowest BCUT2D eigenvalue weighted by molar-refractivity contribution is -0.144. The van der Waals surface area contributed by atoms with E-state index < -0.39 is 6.29 Å². The van der Waals surface area contributed by atoms with Crippen LogP contribution in [0.1, 0.15) is 35.9 Å². The maximum absolute atomic E-state index is 13.3. The smallest absolute Gasteiger partial charge is 0.259 e. The van der Waals surface area contributed by atoms with Crippen LogP contribution in [0.3, 0.4) is 0 Å². The van der Waals surface area contributed by atoms with Crippen molar-refractivity contribution in [1.29, 1.82) is 0 Å². The van der Waals surface area contributed by atoms with E-state index in [2.05, 4.69) is 5.10 Å². The molecule has 2 aromatic rings. The molecule has 1 aliphatic rings. The van der Waals surface area contributed by atoms with Crippen LogP contribution in [0.15, 0.2) is 24.5 Å². The Morgan fingerprint density at radius 1 is 1.39 bits per heavy atom. The lowest BCUT2D eigenvalue weighted by atomic mass is 10.1. The molecule has 0 aliphatic carbocycles. The Morgan fingerprint density at radius 2 is 2.14 bits per heavy atom. The molecule has 154 valence electrons. The minimum atomic E-state index is -0.459. The van der Waals surface area contributed by atoms with Crippen LogP contribution in [0.5, 0.6) is 0 Å². The highest BCUT2D eigenvalue weighted by atomic mass is 16.7. The molecule has 3 rings (SSSR count). The highest BCUT2D eigenvalue weighted by Gasteiger charge is 2.32. The minimum absolute atomic E-state index is 0.150. The number of rotatable bonds is 8. The average Bonchev–Trinajstić information content (AvgIpc) is 3.27. The van der Waals surface area contributed by atoms with Crippen LogP contribution in [-0.2, 0) is 27.8 Å². The standard InChI is InChI=1S/C19H29N5O4/c1-4-27-17(28-5-2)12-24-18(20)14(11-21-24)19(25)23-9-10-26-13-16(23)15-7-6-8-22(15)3/h6-8,11,16-17H,4-5,9-10,12-13,20H2,1-3H3. The molecule has 1 unspecified atom stereocenters. The largest absolute Gasteiger partial charge is 0.383 e. The maximum Gasteiger partial charge on any atom is 0.259 e. The third-order valence-corrected chi connectivity index (χ3v) is 4.85. The molecule has 9 heteroatoms. The van der Waals surface area contributed by atoms with Gasteiger partial charge in [0.05, 0.1) is 32.0 Å². The van der Waals surface area contributed by atoms with Crippen molar-refractivity contribution >= 4 is 11.7 Å². The summed E-state index contributed by atoms with van der Waals surface area (Å²) in [5.41, 5.74) is 7.65. The first-order chi connectivity index (χ1) is 13.6. The quantitative estimate of drug-likeness (QED) is 0.684. The lowest BCUT2D eigenvalue weighted by Gasteiger charge is -2.35. The Balaban J connectivity index is 1.80. The summed E-state index contributed by atoms with van der Waals surface area (Å²) < 4.78 is 20.3. The fourth-order valence-corrected chi connectivity index (χ4v) is 3.44. The number of hydrogen-bond acceptors (Lipinski definition) is 6. The first-order valence-corrected chi connectivity index (χ1v) is 9.61. The van der Waals surface area contributed by atoms with E-state index in [-0.39, 0.29) is 11.9 Å². The predicted octanol–water partition coefficient (Wildman–Crippen LogP) is 1.42. The number of nitrogen functional groups attached to an aromatic ring is 1. The molecule has 2 N–H and O–H groups in total. The number of anilines is 1. The molecular weight excluding hydrogens is 362 g/mol. The zero-order valence-corrected chi connectivity index (χ0v) is 16.7. The summed E-state index contributed by atoms with van der Waals surface area (Å²) in [6, 6.07) is 3.80. The maximum atomic E-state index is 13.3. The molecule has 28 heavy (non-hydrogen) atoms. The number of carbonyl (C=O) groups is 1. The number of carbonyl (C=O) groups excluding carboxylic acids is 1. The molecule has 3 heterocycles. The van der Waals surface area contributed by atoms with Crippen LogP contribution in [0.2, 0.25) is 0 Å². The van der Waals surface area contributed by atoms with Crippen molar-refractivity contribution in [2.24, 2.45) is 7.05 Å². The Morgan fingerprint density at radius 3 is 2.79 bits per heavy atom. The summed E-state index contributed by atoms with van der Waals surface area (Å²) in [4.78, 5) is 15.1. The molecule has 0 radical (unpaired) electrons. The Hall–Kier alpha value is -2.36. The summed E-state index contributed by atoms with van der Waals surface area (Å²) >= 11 is 0. The zero-order chi connectivity index (χ0) is 20.1. The van der Waals surface area contributed by atoms with Crippen molar-refractivity contribution in [2.75, 3.05) is 38.7 Å². The van der Waals surface area contributed by atoms with E-state index in [4.69, 9.17) is 19.9 Å². The van der Waals surface area contributed by atoms with Crippen molar-refractivity contribution in [3.8, 4) is 0 Å². The van der Waals surface area contributed by atoms with Crippen molar-refractivity contribution < 1.29 is 19.0 Å². The van der Waals surface area contributed by atoms with Crippen molar-refractivity contribution in [2.45, 2.75) is 32.7 Å². The van der Waals surface area contributed by atoms with E-state index in [1.54, 1.807) is 9.58 Å². The van der Waals surface area contributed by atoms with Gasteiger partial charge in [-0.25, -0.2) is 4.68 Å². The third kappa shape index (κ3) is 4.21. The number of nitrogens with zero attached hydrogens (tertiary/aromatic N) is 4. The molecule has 0 bridgehead atoms. The van der Waals surface area contributed by atoms with Crippen LogP contribution >= 0.6 is 0 Å². The molecule has 1 amide bonds. The fourth-order valence-electron chi connectivity index (χ4n) is 3.44. The second-order valence-electron chi connectivity index (χ2n) is 6.60. The van der Waals surface area contributed by atoms with Gasteiger partial charge in [0.25, 0.3) is 5.91 Å². The van der Waals surface area contributed by atoms with E-state index >= 15 is 0 Å². The van der Waals surface area contributed by atoms with Crippen molar-refractivity contribution in [1.82, 2.24) is 19.2 Å². The van der Waals surface area contributed by atoms with Crippen LogP contribution in [-0.4, -0.2) is 64.4 Å². The van der Waals surface area contributed by atoms with Crippen LogP contribution < -0.4 is 5.73 Å². The molecule has 0 saturated carbocycles. The topological polar surface area (TPSA) is 96.8 Å². The van der Waals surface area contributed by atoms with Crippen molar-refractivity contribution in [3.63, 3.8) is 0 Å². The van der Waals surface area contributed by atoms with E-state index in [1.165, 1.54) is 6.20 Å². The second-order valence-corrected chi connectivity index (χ2v) is 6.60. The Kier molecular flexibility index (Phi) is 6.71. The van der Waals surface area contributed by atoms with Gasteiger partial charge in [-0.1, -0.05) is 0 Å². The van der Waals surface area contributed by atoms with Gasteiger partial charge in [0.1, 0.15) is 11.4 Å². The highest BCUT2D eigenvalue weighted by Crippen LogP contribution is 2.27. The number of nitrogens with two attached hydrogens (primary N) is 1. The summed E-state index contributed by atoms with van der Waals surface area (Å²) in [5, 5.41) is 4.29.